The van der Waals surface area contributed by atoms with Crippen molar-refractivity contribution in [3.8, 4) is 0 Å². The Labute approximate surface area is 73.7 Å². The minimum atomic E-state index is -2.73. The number of nitrogens with zero attached hydrogens (tertiary/aromatic N) is 1. The zero-order valence-electron chi connectivity index (χ0n) is 7.36. The van der Waals surface area contributed by atoms with Crippen molar-refractivity contribution >= 4 is 9.84 Å². The van der Waals surface area contributed by atoms with Gasteiger partial charge < -0.3 is 4.90 Å². The average Bonchev–Trinajstić information content (AvgIpc) is 2.12. The Hall–Kier alpha value is -0.0900. The van der Waals surface area contributed by atoms with Crippen LogP contribution in [0.15, 0.2) is 0 Å². The molecule has 2 unspecified atom stereocenters. The third-order valence-electron chi connectivity index (χ3n) is 3.01. The lowest BCUT2D eigenvalue weighted by Crippen LogP contribution is -2.40. The smallest absolute Gasteiger partial charge is 0.152 e. The zero-order valence-corrected chi connectivity index (χ0v) is 8.18. The van der Waals surface area contributed by atoms with Crippen molar-refractivity contribution < 1.29 is 8.42 Å². The third-order valence-corrected chi connectivity index (χ3v) is 4.89. The molecule has 3 nitrogen and oxygen atoms in total. The van der Waals surface area contributed by atoms with Crippen molar-refractivity contribution in [2.45, 2.75) is 18.9 Å². The molecule has 12 heavy (non-hydrogen) atoms. The van der Waals surface area contributed by atoms with Crippen molar-refractivity contribution in [3.05, 3.63) is 0 Å². The van der Waals surface area contributed by atoms with E-state index in [1.54, 1.807) is 0 Å². The molecule has 2 atom stereocenters. The quantitative estimate of drug-likeness (QED) is 0.543. The summed E-state index contributed by atoms with van der Waals surface area (Å²) in [7, 11) is -0.690. The van der Waals surface area contributed by atoms with E-state index in [9.17, 15) is 8.42 Å². The van der Waals surface area contributed by atoms with Crippen LogP contribution in [0.2, 0.25) is 0 Å². The van der Waals surface area contributed by atoms with Gasteiger partial charge >= 0.3 is 0 Å². The SMILES string of the molecule is CN1CC2CCC1CS(=O)(=O)C2. The standard InChI is InChI=1S/C8H15NO2S/c1-9-4-7-2-3-8(9)6-12(10,11)5-7/h7-8H,2-6H2,1H3. The second-order valence-corrected chi connectivity index (χ2v) is 6.27. The summed E-state index contributed by atoms with van der Waals surface area (Å²) in [6, 6.07) is 0.300. The van der Waals surface area contributed by atoms with Gasteiger partial charge in [0.15, 0.2) is 9.84 Å². The van der Waals surface area contributed by atoms with E-state index >= 15 is 0 Å². The van der Waals surface area contributed by atoms with Crippen LogP contribution < -0.4 is 0 Å². The summed E-state index contributed by atoms with van der Waals surface area (Å²) in [5, 5.41) is 0. The number of hydrogen-bond donors (Lipinski definition) is 0. The molecule has 3 aliphatic rings. The molecule has 0 amide bonds. The van der Waals surface area contributed by atoms with Gasteiger partial charge in [-0.05, 0) is 25.8 Å². The van der Waals surface area contributed by atoms with Crippen LogP contribution in [0.1, 0.15) is 12.8 Å². The van der Waals surface area contributed by atoms with Crippen molar-refractivity contribution in [2.75, 3.05) is 25.1 Å². The molecule has 3 rings (SSSR count). The molecule has 3 saturated heterocycles. The number of sulfone groups is 1. The van der Waals surface area contributed by atoms with Gasteiger partial charge in [-0.1, -0.05) is 0 Å². The van der Waals surface area contributed by atoms with Gasteiger partial charge in [-0.3, -0.25) is 0 Å². The zero-order chi connectivity index (χ0) is 8.77. The molecule has 70 valence electrons. The Kier molecular flexibility index (Phi) is 1.92. The van der Waals surface area contributed by atoms with E-state index in [0.717, 1.165) is 19.4 Å². The van der Waals surface area contributed by atoms with E-state index in [0.29, 0.717) is 23.5 Å². The maximum atomic E-state index is 11.5. The second kappa shape index (κ2) is 2.70. The number of piperidine rings is 1. The molecule has 4 heteroatoms. The Balaban J connectivity index is 2.28. The molecule has 3 aliphatic heterocycles. The summed E-state index contributed by atoms with van der Waals surface area (Å²) in [6.07, 6.45) is 2.18. The number of hydrogen-bond acceptors (Lipinski definition) is 3. The van der Waals surface area contributed by atoms with Crippen molar-refractivity contribution in [2.24, 2.45) is 5.92 Å². The average molecular weight is 189 g/mol. The van der Waals surface area contributed by atoms with E-state index in [1.807, 2.05) is 7.05 Å². The fraction of sp³-hybridized carbons (Fsp3) is 1.00. The molecule has 0 saturated carbocycles. The Bertz CT molecular complexity index is 273. The Morgan fingerprint density at radius 3 is 2.67 bits per heavy atom. The van der Waals surface area contributed by atoms with Gasteiger partial charge in [-0.25, -0.2) is 8.42 Å². The Morgan fingerprint density at radius 1 is 1.25 bits per heavy atom. The first-order valence-corrected chi connectivity index (χ1v) is 6.29. The van der Waals surface area contributed by atoms with E-state index < -0.39 is 9.84 Å². The highest BCUT2D eigenvalue weighted by atomic mass is 32.2. The molecule has 0 aromatic heterocycles. The molecule has 0 spiro atoms. The fourth-order valence-corrected chi connectivity index (χ4v) is 4.50. The monoisotopic (exact) mass is 189 g/mol. The van der Waals surface area contributed by atoms with Crippen LogP contribution in [-0.2, 0) is 9.84 Å². The minimum absolute atomic E-state index is 0.300. The fourth-order valence-electron chi connectivity index (χ4n) is 2.36. The molecule has 0 radical (unpaired) electrons. The first-order chi connectivity index (χ1) is 5.57. The lowest BCUT2D eigenvalue weighted by molar-refractivity contribution is 0.169. The van der Waals surface area contributed by atoms with E-state index in [2.05, 4.69) is 4.90 Å². The largest absolute Gasteiger partial charge is 0.302 e. The van der Waals surface area contributed by atoms with Gasteiger partial charge in [0, 0.05) is 12.6 Å². The van der Waals surface area contributed by atoms with Crippen molar-refractivity contribution in [1.29, 1.82) is 0 Å². The molecule has 2 bridgehead atoms. The molecule has 3 heterocycles. The van der Waals surface area contributed by atoms with Crippen LogP contribution in [-0.4, -0.2) is 44.5 Å². The van der Waals surface area contributed by atoms with E-state index in [4.69, 9.17) is 0 Å². The highest BCUT2D eigenvalue weighted by Crippen LogP contribution is 2.27. The lowest BCUT2D eigenvalue weighted by atomic mass is 9.96. The highest BCUT2D eigenvalue weighted by molar-refractivity contribution is 7.91. The van der Waals surface area contributed by atoms with Crippen LogP contribution in [0.3, 0.4) is 0 Å². The van der Waals surface area contributed by atoms with Crippen LogP contribution in [0.4, 0.5) is 0 Å². The summed E-state index contributed by atoms with van der Waals surface area (Å²) in [4.78, 5) is 2.21. The van der Waals surface area contributed by atoms with E-state index in [-0.39, 0.29) is 0 Å². The molecule has 0 aromatic rings. The molecular weight excluding hydrogens is 174 g/mol. The van der Waals surface area contributed by atoms with Crippen LogP contribution in [0.5, 0.6) is 0 Å². The molecule has 0 aliphatic carbocycles. The van der Waals surface area contributed by atoms with Crippen LogP contribution in [0, 0.1) is 5.92 Å². The predicted octanol–water partition coefficient (Wildman–Crippen LogP) is 0.125. The first-order valence-electron chi connectivity index (χ1n) is 4.47. The topological polar surface area (TPSA) is 37.4 Å². The van der Waals surface area contributed by atoms with Gasteiger partial charge in [0.05, 0.1) is 11.5 Å². The van der Waals surface area contributed by atoms with Gasteiger partial charge in [0.2, 0.25) is 0 Å². The number of fused-ring (bicyclic) bond motifs is 4. The number of rotatable bonds is 0. The molecule has 0 aromatic carbocycles. The molecular formula is C8H15NO2S. The summed E-state index contributed by atoms with van der Waals surface area (Å²) >= 11 is 0. The molecule has 0 N–H and O–H groups in total. The lowest BCUT2D eigenvalue weighted by Gasteiger charge is -2.32. The third kappa shape index (κ3) is 1.50. The summed E-state index contributed by atoms with van der Waals surface area (Å²) in [5.41, 5.74) is 0. The van der Waals surface area contributed by atoms with Gasteiger partial charge in [0.25, 0.3) is 0 Å². The van der Waals surface area contributed by atoms with Crippen molar-refractivity contribution in [1.82, 2.24) is 4.90 Å². The second-order valence-electron chi connectivity index (χ2n) is 4.11. The summed E-state index contributed by atoms with van der Waals surface area (Å²) < 4.78 is 22.9. The van der Waals surface area contributed by atoms with Crippen LogP contribution >= 0.6 is 0 Å². The minimum Gasteiger partial charge on any atom is -0.302 e. The normalized spacial score (nSPS) is 41.1. The van der Waals surface area contributed by atoms with Crippen LogP contribution in [0.25, 0.3) is 0 Å². The first kappa shape index (κ1) is 8.51. The Morgan fingerprint density at radius 2 is 2.00 bits per heavy atom. The predicted molar refractivity (Wildman–Crippen MR) is 47.8 cm³/mol. The highest BCUT2D eigenvalue weighted by Gasteiger charge is 2.36. The van der Waals surface area contributed by atoms with Crippen molar-refractivity contribution in [3.63, 3.8) is 0 Å². The van der Waals surface area contributed by atoms with E-state index in [1.165, 1.54) is 0 Å². The maximum Gasteiger partial charge on any atom is 0.152 e. The van der Waals surface area contributed by atoms with Gasteiger partial charge in [-0.15, -0.1) is 0 Å². The summed E-state index contributed by atoms with van der Waals surface area (Å²) in [5.74, 6) is 1.21. The summed E-state index contributed by atoms with van der Waals surface area (Å²) in [6.45, 7) is 0.976. The maximum absolute atomic E-state index is 11.5. The van der Waals surface area contributed by atoms with Gasteiger partial charge in [0.1, 0.15) is 0 Å². The molecule has 3 fully saturated rings. The van der Waals surface area contributed by atoms with Gasteiger partial charge in [-0.2, -0.15) is 0 Å².